The highest BCUT2D eigenvalue weighted by Crippen LogP contribution is 2.27. The molecular formula is C16H18N4OS. The molecule has 1 amide bonds. The minimum absolute atomic E-state index is 0.00915. The number of aryl methyl sites for hydroxylation is 2. The van der Waals surface area contributed by atoms with Crippen molar-refractivity contribution in [1.82, 2.24) is 14.9 Å². The highest BCUT2D eigenvalue weighted by atomic mass is 32.1. The van der Waals surface area contributed by atoms with Gasteiger partial charge in [-0.25, -0.2) is 4.98 Å². The largest absolute Gasteiger partial charge is 0.350 e. The highest BCUT2D eigenvalue weighted by Gasteiger charge is 2.33. The Bertz CT molecular complexity index is 782. The Labute approximate surface area is 134 Å². The summed E-state index contributed by atoms with van der Waals surface area (Å²) in [5, 5.41) is 3.47. The van der Waals surface area contributed by atoms with Gasteiger partial charge < -0.3 is 9.88 Å². The zero-order valence-corrected chi connectivity index (χ0v) is 13.3. The lowest BCUT2D eigenvalue weighted by Gasteiger charge is -2.14. The number of amides is 1. The van der Waals surface area contributed by atoms with Crippen LogP contribution in [0.5, 0.6) is 0 Å². The molecule has 1 atom stereocenters. The molecule has 2 aliphatic heterocycles. The van der Waals surface area contributed by atoms with E-state index in [4.69, 9.17) is 17.2 Å². The molecule has 2 aliphatic rings. The van der Waals surface area contributed by atoms with Crippen LogP contribution in [0.15, 0.2) is 18.2 Å². The predicted molar refractivity (Wildman–Crippen MR) is 90.0 cm³/mol. The van der Waals surface area contributed by atoms with E-state index in [1.165, 1.54) is 19.3 Å². The number of benzene rings is 1. The number of carbonyl (C=O) groups is 1. The van der Waals surface area contributed by atoms with Crippen LogP contribution in [-0.2, 0) is 17.8 Å². The lowest BCUT2D eigenvalue weighted by atomic mass is 10.2. The molecule has 2 aromatic rings. The van der Waals surface area contributed by atoms with Crippen LogP contribution in [0.3, 0.4) is 0 Å². The summed E-state index contributed by atoms with van der Waals surface area (Å²) in [6.45, 7) is 2.86. The van der Waals surface area contributed by atoms with Gasteiger partial charge in [-0.05, 0) is 50.2 Å². The molecule has 0 aliphatic carbocycles. The molecule has 4 rings (SSSR count). The number of aromatic nitrogens is 2. The van der Waals surface area contributed by atoms with E-state index < -0.39 is 0 Å². The van der Waals surface area contributed by atoms with Crippen molar-refractivity contribution < 1.29 is 4.79 Å². The van der Waals surface area contributed by atoms with Gasteiger partial charge in [0.05, 0.1) is 16.7 Å². The molecule has 6 heteroatoms. The fourth-order valence-electron chi connectivity index (χ4n) is 3.33. The van der Waals surface area contributed by atoms with Crippen LogP contribution in [0.1, 0.15) is 32.0 Å². The van der Waals surface area contributed by atoms with Crippen LogP contribution in [0.25, 0.3) is 11.0 Å². The quantitative estimate of drug-likeness (QED) is 0.821. The minimum atomic E-state index is -0.262. The number of fused-ring (bicyclic) bond motifs is 3. The SMILES string of the molecule is C[C@H]1NC(=S)N(c2ccc3c(c2)nc2n3CCCCC2)C1=O. The monoisotopic (exact) mass is 314 g/mol. The third-order valence-corrected chi connectivity index (χ3v) is 4.79. The van der Waals surface area contributed by atoms with Crippen molar-refractivity contribution in [2.45, 2.75) is 45.2 Å². The van der Waals surface area contributed by atoms with Gasteiger partial charge in [-0.2, -0.15) is 0 Å². The van der Waals surface area contributed by atoms with Gasteiger partial charge in [-0.15, -0.1) is 0 Å². The number of rotatable bonds is 1. The van der Waals surface area contributed by atoms with Crippen LogP contribution in [0.2, 0.25) is 0 Å². The Hall–Kier alpha value is -1.95. The van der Waals surface area contributed by atoms with Crippen LogP contribution in [0.4, 0.5) is 5.69 Å². The maximum Gasteiger partial charge on any atom is 0.255 e. The van der Waals surface area contributed by atoms with Crippen molar-refractivity contribution in [3.05, 3.63) is 24.0 Å². The fourth-order valence-corrected chi connectivity index (χ4v) is 3.70. The van der Waals surface area contributed by atoms with Crippen LogP contribution in [-0.4, -0.2) is 26.6 Å². The third-order valence-electron chi connectivity index (χ3n) is 4.49. The molecule has 0 radical (unpaired) electrons. The first-order valence-corrected chi connectivity index (χ1v) is 8.19. The molecule has 0 spiro atoms. The Morgan fingerprint density at radius 2 is 2.18 bits per heavy atom. The summed E-state index contributed by atoms with van der Waals surface area (Å²) < 4.78 is 2.32. The zero-order valence-electron chi connectivity index (χ0n) is 12.5. The van der Waals surface area contributed by atoms with E-state index in [0.717, 1.165) is 35.5 Å². The summed E-state index contributed by atoms with van der Waals surface area (Å²) in [5.41, 5.74) is 2.90. The van der Waals surface area contributed by atoms with Crippen LogP contribution >= 0.6 is 12.2 Å². The van der Waals surface area contributed by atoms with Gasteiger partial charge in [0.15, 0.2) is 5.11 Å². The van der Waals surface area contributed by atoms with E-state index in [9.17, 15) is 4.79 Å². The van der Waals surface area contributed by atoms with Crippen LogP contribution < -0.4 is 10.2 Å². The van der Waals surface area contributed by atoms with Gasteiger partial charge >= 0.3 is 0 Å². The van der Waals surface area contributed by atoms with Crippen molar-refractivity contribution in [3.8, 4) is 0 Å². The Kier molecular flexibility index (Phi) is 3.14. The number of thiocarbonyl (C=S) groups is 1. The summed E-state index contributed by atoms with van der Waals surface area (Å²) >= 11 is 5.27. The van der Waals surface area contributed by atoms with Crippen LogP contribution in [0, 0.1) is 0 Å². The number of nitrogens with one attached hydrogen (secondary N) is 1. The standard InChI is InChI=1S/C16H18N4OS/c1-10-15(21)20(16(22)17-10)11-6-7-13-12(9-11)18-14-5-3-2-4-8-19(13)14/h6-7,9-10H,2-5,8H2,1H3,(H,17,22)/t10-/m1/s1. The fraction of sp³-hybridized carbons (Fsp3) is 0.438. The molecule has 1 aromatic heterocycles. The van der Waals surface area contributed by atoms with Crippen molar-refractivity contribution in [2.75, 3.05) is 4.90 Å². The van der Waals surface area contributed by atoms with Crippen molar-refractivity contribution in [3.63, 3.8) is 0 Å². The summed E-state index contributed by atoms with van der Waals surface area (Å²) in [6, 6.07) is 5.74. The molecule has 5 nitrogen and oxygen atoms in total. The smallest absolute Gasteiger partial charge is 0.255 e. The molecule has 0 saturated carbocycles. The molecular weight excluding hydrogens is 296 g/mol. The minimum Gasteiger partial charge on any atom is -0.350 e. The second-order valence-corrected chi connectivity index (χ2v) is 6.39. The molecule has 3 heterocycles. The third kappa shape index (κ3) is 2.01. The van der Waals surface area contributed by atoms with Gasteiger partial charge in [0.25, 0.3) is 5.91 Å². The summed E-state index contributed by atoms with van der Waals surface area (Å²) in [6.07, 6.45) is 4.70. The summed E-state index contributed by atoms with van der Waals surface area (Å²) in [4.78, 5) is 18.6. The maximum absolute atomic E-state index is 12.2. The number of hydrogen-bond acceptors (Lipinski definition) is 3. The van der Waals surface area contributed by atoms with Crippen molar-refractivity contribution in [1.29, 1.82) is 0 Å². The van der Waals surface area contributed by atoms with Gasteiger partial charge in [0.2, 0.25) is 0 Å². The number of carbonyl (C=O) groups excluding carboxylic acids is 1. The van der Waals surface area contributed by atoms with Gasteiger partial charge in [-0.3, -0.25) is 9.69 Å². The van der Waals surface area contributed by atoms with Gasteiger partial charge in [0, 0.05) is 13.0 Å². The average molecular weight is 314 g/mol. The molecule has 114 valence electrons. The van der Waals surface area contributed by atoms with E-state index in [0.29, 0.717) is 5.11 Å². The average Bonchev–Trinajstić information content (AvgIpc) is 2.84. The van der Waals surface area contributed by atoms with E-state index in [2.05, 4.69) is 16.0 Å². The summed E-state index contributed by atoms with van der Waals surface area (Å²) in [7, 11) is 0. The molecule has 0 bridgehead atoms. The number of hydrogen-bond donors (Lipinski definition) is 1. The Morgan fingerprint density at radius 3 is 2.95 bits per heavy atom. The van der Waals surface area contributed by atoms with Gasteiger partial charge in [-0.1, -0.05) is 6.42 Å². The molecule has 1 N–H and O–H groups in total. The normalized spacial score (nSPS) is 21.9. The van der Waals surface area contributed by atoms with E-state index in [-0.39, 0.29) is 11.9 Å². The Morgan fingerprint density at radius 1 is 1.32 bits per heavy atom. The number of anilines is 1. The molecule has 1 fully saturated rings. The lowest BCUT2D eigenvalue weighted by Crippen LogP contribution is -2.30. The van der Waals surface area contributed by atoms with Gasteiger partial charge in [0.1, 0.15) is 11.9 Å². The van der Waals surface area contributed by atoms with Crippen molar-refractivity contribution >= 4 is 40.0 Å². The first-order chi connectivity index (χ1) is 10.6. The second kappa shape index (κ2) is 5.05. The lowest BCUT2D eigenvalue weighted by molar-refractivity contribution is -0.117. The predicted octanol–water partition coefficient (Wildman–Crippen LogP) is 2.37. The second-order valence-electron chi connectivity index (χ2n) is 6.01. The molecule has 22 heavy (non-hydrogen) atoms. The first-order valence-electron chi connectivity index (χ1n) is 7.79. The van der Waals surface area contributed by atoms with Crippen molar-refractivity contribution in [2.24, 2.45) is 0 Å². The highest BCUT2D eigenvalue weighted by molar-refractivity contribution is 7.80. The number of imidazole rings is 1. The molecule has 1 saturated heterocycles. The number of nitrogens with zero attached hydrogens (tertiary/aromatic N) is 3. The maximum atomic E-state index is 12.2. The van der Waals surface area contributed by atoms with E-state index >= 15 is 0 Å². The first kappa shape index (κ1) is 13.7. The van der Waals surface area contributed by atoms with E-state index in [1.54, 1.807) is 4.90 Å². The summed E-state index contributed by atoms with van der Waals surface area (Å²) in [5.74, 6) is 1.15. The zero-order chi connectivity index (χ0) is 15.3. The molecule has 0 unspecified atom stereocenters. The topological polar surface area (TPSA) is 50.2 Å². The van der Waals surface area contributed by atoms with E-state index in [1.807, 2.05) is 19.1 Å². The Balaban J connectivity index is 1.79. The molecule has 1 aromatic carbocycles.